The molecule has 11 heteroatoms. The second-order valence-corrected chi connectivity index (χ2v) is 9.30. The number of carbonyl (C=O) groups excluding carboxylic acids is 2. The summed E-state index contributed by atoms with van der Waals surface area (Å²) in [6.45, 7) is 5.91. The number of guanidine groups is 1. The van der Waals surface area contributed by atoms with Gasteiger partial charge < -0.3 is 31.6 Å². The van der Waals surface area contributed by atoms with E-state index in [1.54, 1.807) is 6.92 Å². The van der Waals surface area contributed by atoms with Gasteiger partial charge in [-0.05, 0) is 44.9 Å². The molecule has 0 aromatic carbocycles. The number of nitrogens with zero attached hydrogens (tertiary/aromatic N) is 2. The van der Waals surface area contributed by atoms with Gasteiger partial charge in [0.05, 0.1) is 0 Å². The van der Waals surface area contributed by atoms with Crippen LogP contribution >= 0.6 is 0 Å². The number of aromatic nitrogens is 1. The summed E-state index contributed by atoms with van der Waals surface area (Å²) in [5, 5.41) is 15.0. The Labute approximate surface area is 200 Å². The van der Waals surface area contributed by atoms with Gasteiger partial charge in [0, 0.05) is 12.5 Å². The molecule has 0 radical (unpaired) electrons. The standard InChI is InChI=1S/C23H38N6O5/c1-13(2)12-17(28-19(30)15-8-5-4-6-9-15)21-29-18(14(3)34-21)20(31)27-16(22(32)33)10-7-11-26-23(24)25/h13,15-17H,4-12H2,1-3H3,(H,27,31)(H,28,30)(H,32,33)(H4,24,25,26)/t16-,17-/m0/s1. The molecule has 2 amide bonds. The van der Waals surface area contributed by atoms with Gasteiger partial charge in [-0.1, -0.05) is 33.1 Å². The molecule has 2 rings (SSSR count). The van der Waals surface area contributed by atoms with E-state index in [0.29, 0.717) is 12.8 Å². The Morgan fingerprint density at radius 1 is 1.18 bits per heavy atom. The van der Waals surface area contributed by atoms with Gasteiger partial charge in [0.15, 0.2) is 11.7 Å². The molecule has 0 aliphatic heterocycles. The summed E-state index contributed by atoms with van der Waals surface area (Å²) >= 11 is 0. The summed E-state index contributed by atoms with van der Waals surface area (Å²) in [7, 11) is 0. The van der Waals surface area contributed by atoms with E-state index >= 15 is 0 Å². The Balaban J connectivity index is 2.10. The predicted octanol–water partition coefficient (Wildman–Crippen LogP) is 2.00. The number of rotatable bonds is 12. The van der Waals surface area contributed by atoms with E-state index in [-0.39, 0.29) is 54.0 Å². The average Bonchev–Trinajstić information content (AvgIpc) is 3.17. The van der Waals surface area contributed by atoms with Gasteiger partial charge in [0.1, 0.15) is 17.8 Å². The van der Waals surface area contributed by atoms with Crippen molar-refractivity contribution >= 4 is 23.7 Å². The molecular formula is C23H38N6O5. The zero-order valence-corrected chi connectivity index (χ0v) is 20.3. The van der Waals surface area contributed by atoms with Crippen LogP contribution in [0, 0.1) is 18.8 Å². The number of amides is 2. The van der Waals surface area contributed by atoms with Gasteiger partial charge in [0.2, 0.25) is 11.8 Å². The Hall–Kier alpha value is -3.11. The van der Waals surface area contributed by atoms with E-state index in [2.05, 4.69) is 20.6 Å². The molecule has 0 saturated heterocycles. The monoisotopic (exact) mass is 478 g/mol. The maximum atomic E-state index is 12.8. The number of carboxylic acids is 1. The molecule has 1 fully saturated rings. The molecule has 2 atom stereocenters. The fourth-order valence-electron chi connectivity index (χ4n) is 4.11. The van der Waals surface area contributed by atoms with Crippen LogP contribution in [0.4, 0.5) is 0 Å². The second-order valence-electron chi connectivity index (χ2n) is 9.30. The molecule has 190 valence electrons. The SMILES string of the molecule is Cc1oc([C@H](CC(C)C)NC(=O)C2CCCCC2)nc1C(=O)N[C@@H](CCCN=C(N)N)C(=O)O. The minimum atomic E-state index is -1.17. The summed E-state index contributed by atoms with van der Waals surface area (Å²) in [5.74, 6) is -1.16. The normalized spacial score (nSPS) is 16.0. The fraction of sp³-hybridized carbons (Fsp3) is 0.696. The quantitative estimate of drug-likeness (QED) is 0.171. The van der Waals surface area contributed by atoms with Crippen LogP contribution in [0.3, 0.4) is 0 Å². The van der Waals surface area contributed by atoms with E-state index in [4.69, 9.17) is 15.9 Å². The zero-order valence-electron chi connectivity index (χ0n) is 20.3. The third-order valence-corrected chi connectivity index (χ3v) is 5.87. The number of aliphatic carboxylic acids is 1. The minimum Gasteiger partial charge on any atom is -0.480 e. The molecule has 7 N–H and O–H groups in total. The van der Waals surface area contributed by atoms with Gasteiger partial charge >= 0.3 is 5.97 Å². The van der Waals surface area contributed by atoms with Crippen molar-refractivity contribution in [3.05, 3.63) is 17.3 Å². The Bertz CT molecular complexity index is 871. The van der Waals surface area contributed by atoms with Crippen molar-refractivity contribution in [1.29, 1.82) is 0 Å². The second kappa shape index (κ2) is 13.0. The molecule has 0 bridgehead atoms. The number of aryl methyl sites for hydroxylation is 1. The topological polar surface area (TPSA) is 186 Å². The van der Waals surface area contributed by atoms with E-state index in [1.807, 2.05) is 13.8 Å². The summed E-state index contributed by atoms with van der Waals surface area (Å²) in [5.41, 5.74) is 10.5. The number of nitrogens with two attached hydrogens (primary N) is 2. The smallest absolute Gasteiger partial charge is 0.326 e. The number of carbonyl (C=O) groups is 3. The van der Waals surface area contributed by atoms with Crippen LogP contribution in [0.1, 0.15) is 93.4 Å². The van der Waals surface area contributed by atoms with Crippen molar-refractivity contribution in [1.82, 2.24) is 15.6 Å². The van der Waals surface area contributed by atoms with Crippen LogP contribution in [0.25, 0.3) is 0 Å². The van der Waals surface area contributed by atoms with Gasteiger partial charge in [-0.25, -0.2) is 9.78 Å². The van der Waals surface area contributed by atoms with Gasteiger partial charge in [-0.2, -0.15) is 0 Å². The van der Waals surface area contributed by atoms with Crippen LogP contribution in [0.5, 0.6) is 0 Å². The van der Waals surface area contributed by atoms with E-state index < -0.39 is 24.0 Å². The first-order chi connectivity index (χ1) is 16.1. The van der Waals surface area contributed by atoms with E-state index in [9.17, 15) is 19.5 Å². The number of nitrogens with one attached hydrogen (secondary N) is 2. The Kier molecular flexibility index (Phi) is 10.3. The molecular weight excluding hydrogens is 440 g/mol. The van der Waals surface area contributed by atoms with Crippen molar-refractivity contribution in [2.75, 3.05) is 6.54 Å². The van der Waals surface area contributed by atoms with Crippen LogP contribution in [-0.4, -0.2) is 46.4 Å². The zero-order chi connectivity index (χ0) is 25.3. The number of carboxylic acid groups (broad SMARTS) is 1. The third-order valence-electron chi connectivity index (χ3n) is 5.87. The molecule has 1 aromatic rings. The molecule has 11 nitrogen and oxygen atoms in total. The highest BCUT2D eigenvalue weighted by Gasteiger charge is 2.30. The van der Waals surface area contributed by atoms with E-state index in [1.165, 1.54) is 0 Å². The largest absolute Gasteiger partial charge is 0.480 e. The summed E-state index contributed by atoms with van der Waals surface area (Å²) in [4.78, 5) is 45.4. The van der Waals surface area contributed by atoms with Crippen molar-refractivity contribution in [3.63, 3.8) is 0 Å². The molecule has 1 aliphatic carbocycles. The van der Waals surface area contributed by atoms with Gasteiger partial charge in [0.25, 0.3) is 5.91 Å². The molecule has 1 saturated carbocycles. The first kappa shape index (κ1) is 27.1. The first-order valence-electron chi connectivity index (χ1n) is 11.9. The van der Waals surface area contributed by atoms with Crippen molar-refractivity contribution in [2.24, 2.45) is 28.3 Å². The van der Waals surface area contributed by atoms with Crippen molar-refractivity contribution in [2.45, 2.75) is 84.2 Å². The summed E-state index contributed by atoms with van der Waals surface area (Å²) in [6.07, 6.45) is 6.12. The molecule has 34 heavy (non-hydrogen) atoms. The van der Waals surface area contributed by atoms with E-state index in [0.717, 1.165) is 32.1 Å². The highest BCUT2D eigenvalue weighted by atomic mass is 16.4. The maximum Gasteiger partial charge on any atom is 0.326 e. The van der Waals surface area contributed by atoms with Crippen molar-refractivity contribution < 1.29 is 23.9 Å². The molecule has 0 unspecified atom stereocenters. The maximum absolute atomic E-state index is 12.8. The van der Waals surface area contributed by atoms with Crippen LogP contribution in [-0.2, 0) is 9.59 Å². The molecule has 1 aromatic heterocycles. The molecule has 0 spiro atoms. The molecule has 1 aliphatic rings. The summed E-state index contributed by atoms with van der Waals surface area (Å²) in [6, 6.07) is -1.59. The van der Waals surface area contributed by atoms with Gasteiger partial charge in [-0.3, -0.25) is 14.6 Å². The summed E-state index contributed by atoms with van der Waals surface area (Å²) < 4.78 is 5.77. The van der Waals surface area contributed by atoms with Crippen molar-refractivity contribution in [3.8, 4) is 0 Å². The minimum absolute atomic E-state index is 0.00569. The van der Waals surface area contributed by atoms with Crippen LogP contribution in [0.2, 0.25) is 0 Å². The number of hydrogen-bond acceptors (Lipinski definition) is 6. The lowest BCUT2D eigenvalue weighted by atomic mass is 9.88. The van der Waals surface area contributed by atoms with Crippen LogP contribution < -0.4 is 22.1 Å². The fourth-order valence-corrected chi connectivity index (χ4v) is 4.11. The highest BCUT2D eigenvalue weighted by Crippen LogP contribution is 2.27. The number of oxazole rings is 1. The lowest BCUT2D eigenvalue weighted by molar-refractivity contribution is -0.139. The van der Waals surface area contributed by atoms with Gasteiger partial charge in [-0.15, -0.1) is 0 Å². The third kappa shape index (κ3) is 8.35. The Morgan fingerprint density at radius 2 is 1.85 bits per heavy atom. The average molecular weight is 479 g/mol. The Morgan fingerprint density at radius 3 is 2.44 bits per heavy atom. The lowest BCUT2D eigenvalue weighted by Gasteiger charge is -2.24. The number of aliphatic imine (C=N–C) groups is 1. The lowest BCUT2D eigenvalue weighted by Crippen LogP contribution is -2.41. The van der Waals surface area contributed by atoms with Crippen LogP contribution in [0.15, 0.2) is 9.41 Å². The molecule has 1 heterocycles. The first-order valence-corrected chi connectivity index (χ1v) is 11.9. The number of hydrogen-bond donors (Lipinski definition) is 5. The highest BCUT2D eigenvalue weighted by molar-refractivity contribution is 5.95. The predicted molar refractivity (Wildman–Crippen MR) is 127 cm³/mol.